The smallest absolute Gasteiger partial charge is 0.190 e. The maximum absolute atomic E-state index is 12.7. The van der Waals surface area contributed by atoms with Gasteiger partial charge in [-0.1, -0.05) is 30.3 Å². The number of hydrogen-bond donors (Lipinski definition) is 2. The molecule has 1 aromatic heterocycles. The van der Waals surface area contributed by atoms with Crippen molar-refractivity contribution >= 4 is 17.0 Å². The number of benzene rings is 2. The zero-order valence-electron chi connectivity index (χ0n) is 15.5. The highest BCUT2D eigenvalue weighted by molar-refractivity contribution is 6.25. The van der Waals surface area contributed by atoms with E-state index in [4.69, 9.17) is 15.2 Å². The molecule has 0 radical (unpaired) electrons. The molecule has 8 heteroatoms. The number of H-pyrrole nitrogens is 1. The zero-order chi connectivity index (χ0) is 19.7. The van der Waals surface area contributed by atoms with E-state index in [-0.39, 0.29) is 12.3 Å². The molecule has 0 saturated carbocycles. The summed E-state index contributed by atoms with van der Waals surface area (Å²) in [5, 5.41) is 7.04. The first-order valence-corrected chi connectivity index (χ1v) is 8.62. The number of rotatable bonds is 5. The predicted octanol–water partition coefficient (Wildman–Crippen LogP) is 2.21. The van der Waals surface area contributed by atoms with Crippen molar-refractivity contribution in [3.8, 4) is 22.9 Å². The molecule has 0 aliphatic carbocycles. The van der Waals surface area contributed by atoms with Crippen LogP contribution in [0.15, 0.2) is 54.4 Å². The molecule has 2 aromatic carbocycles. The summed E-state index contributed by atoms with van der Waals surface area (Å²) >= 11 is 0. The first kappa shape index (κ1) is 17.6. The van der Waals surface area contributed by atoms with Gasteiger partial charge in [0.25, 0.3) is 0 Å². The molecule has 4 rings (SSSR count). The number of methoxy groups -OCH3 is 2. The lowest BCUT2D eigenvalue weighted by Crippen LogP contribution is -2.25. The van der Waals surface area contributed by atoms with Crippen molar-refractivity contribution in [2.45, 2.75) is 0 Å². The molecule has 1 aliphatic heterocycles. The maximum Gasteiger partial charge on any atom is 0.190 e. The Hall–Kier alpha value is -3.81. The largest absolute Gasteiger partial charge is 0.497 e. The number of carbonyl (C=O) groups excluding carboxylic acids is 1. The van der Waals surface area contributed by atoms with Crippen molar-refractivity contribution in [2.24, 2.45) is 5.73 Å². The first-order chi connectivity index (χ1) is 13.6. The molecule has 0 amide bonds. The molecule has 1 aliphatic rings. The second-order valence-corrected chi connectivity index (χ2v) is 6.21. The number of Topliss-reactive ketones (excluding diaryl/α,β-unsaturated/α-hetero) is 1. The molecule has 3 aromatic rings. The molecular formula is C20H19N5O3. The van der Waals surface area contributed by atoms with Crippen LogP contribution in [0.3, 0.4) is 0 Å². The fourth-order valence-electron chi connectivity index (χ4n) is 3.11. The van der Waals surface area contributed by atoms with Crippen LogP contribution in [0.4, 0.5) is 5.69 Å². The lowest BCUT2D eigenvalue weighted by molar-refractivity contribution is -0.112. The summed E-state index contributed by atoms with van der Waals surface area (Å²) in [6.07, 6.45) is 0. The molecule has 3 N–H and O–H groups in total. The lowest BCUT2D eigenvalue weighted by atomic mass is 10.2. The maximum atomic E-state index is 12.7. The number of carbonyl (C=O) groups is 1. The molecule has 0 fully saturated rings. The van der Waals surface area contributed by atoms with Crippen LogP contribution in [0.2, 0.25) is 0 Å². The van der Waals surface area contributed by atoms with Gasteiger partial charge in [0.15, 0.2) is 17.4 Å². The molecular weight excluding hydrogens is 358 g/mol. The van der Waals surface area contributed by atoms with E-state index in [0.717, 1.165) is 5.56 Å². The van der Waals surface area contributed by atoms with E-state index in [1.165, 1.54) is 0 Å². The number of nitrogens with zero attached hydrogens (tertiary/aromatic N) is 3. The minimum Gasteiger partial charge on any atom is -0.497 e. The lowest BCUT2D eigenvalue weighted by Gasteiger charge is -2.20. The molecule has 28 heavy (non-hydrogen) atoms. The van der Waals surface area contributed by atoms with Gasteiger partial charge < -0.3 is 20.1 Å². The van der Waals surface area contributed by atoms with Gasteiger partial charge in [0.2, 0.25) is 0 Å². The molecule has 2 heterocycles. The number of ketones is 1. The van der Waals surface area contributed by atoms with Crippen molar-refractivity contribution < 1.29 is 14.3 Å². The van der Waals surface area contributed by atoms with E-state index in [1.807, 2.05) is 30.3 Å². The molecule has 0 atom stereocenters. The third kappa shape index (κ3) is 3.05. The number of anilines is 1. The van der Waals surface area contributed by atoms with Gasteiger partial charge in [-0.3, -0.25) is 9.89 Å². The van der Waals surface area contributed by atoms with E-state index in [9.17, 15) is 4.79 Å². The highest BCUT2D eigenvalue weighted by Gasteiger charge is 2.32. The number of nitrogens with two attached hydrogens (primary N) is 1. The van der Waals surface area contributed by atoms with Crippen molar-refractivity contribution in [1.29, 1.82) is 0 Å². The third-order valence-corrected chi connectivity index (χ3v) is 4.53. The van der Waals surface area contributed by atoms with Crippen molar-refractivity contribution in [3.63, 3.8) is 0 Å². The average Bonchev–Trinajstić information content (AvgIpc) is 3.32. The standard InChI is InChI=1S/C20H19N5O3/c1-27-14-8-13(9-15(10-14)28-2)25-11-16(26)17(18(25)21)20-22-19(23-24-20)12-6-4-3-5-7-12/h3-10H,11,21H2,1-2H3,(H,22,23,24). The Kier molecular flexibility index (Phi) is 4.44. The zero-order valence-corrected chi connectivity index (χ0v) is 15.5. The summed E-state index contributed by atoms with van der Waals surface area (Å²) < 4.78 is 10.6. The Morgan fingerprint density at radius 3 is 2.39 bits per heavy atom. The normalized spacial score (nSPS) is 13.9. The van der Waals surface area contributed by atoms with Crippen LogP contribution in [-0.4, -0.2) is 41.7 Å². The van der Waals surface area contributed by atoms with Crippen LogP contribution in [-0.2, 0) is 4.79 Å². The van der Waals surface area contributed by atoms with E-state index >= 15 is 0 Å². The predicted molar refractivity (Wildman–Crippen MR) is 105 cm³/mol. The molecule has 142 valence electrons. The van der Waals surface area contributed by atoms with Crippen LogP contribution in [0, 0.1) is 0 Å². The molecule has 0 bridgehead atoms. The third-order valence-electron chi connectivity index (χ3n) is 4.53. The van der Waals surface area contributed by atoms with Gasteiger partial charge in [-0.2, -0.15) is 5.10 Å². The SMILES string of the molecule is COc1cc(OC)cc(N2CC(=O)C(c3nc(-c4ccccc4)n[nH]3)=C2N)c1. The summed E-state index contributed by atoms with van der Waals surface area (Å²) in [6.45, 7) is 0.0961. The van der Waals surface area contributed by atoms with Gasteiger partial charge >= 0.3 is 0 Å². The number of ether oxygens (including phenoxy) is 2. The summed E-state index contributed by atoms with van der Waals surface area (Å²) in [4.78, 5) is 18.9. The number of aromatic nitrogens is 3. The Bertz CT molecular complexity index is 1040. The highest BCUT2D eigenvalue weighted by Crippen LogP contribution is 2.34. The second-order valence-electron chi connectivity index (χ2n) is 6.21. The Balaban J connectivity index is 1.72. The van der Waals surface area contributed by atoms with Crippen LogP contribution in [0.5, 0.6) is 11.5 Å². The number of nitrogens with one attached hydrogen (secondary N) is 1. The van der Waals surface area contributed by atoms with Gasteiger partial charge in [0.05, 0.1) is 26.5 Å². The highest BCUT2D eigenvalue weighted by atomic mass is 16.5. The van der Waals surface area contributed by atoms with Crippen LogP contribution in [0.25, 0.3) is 17.0 Å². The summed E-state index contributed by atoms with van der Waals surface area (Å²) in [5.74, 6) is 2.22. The van der Waals surface area contributed by atoms with E-state index in [2.05, 4.69) is 15.2 Å². The Labute approximate surface area is 161 Å². The van der Waals surface area contributed by atoms with Gasteiger partial charge in [0.1, 0.15) is 22.9 Å². The number of hydrogen-bond acceptors (Lipinski definition) is 7. The topological polar surface area (TPSA) is 106 Å². The summed E-state index contributed by atoms with van der Waals surface area (Å²) in [7, 11) is 3.13. The van der Waals surface area contributed by atoms with Crippen molar-refractivity contribution in [2.75, 3.05) is 25.7 Å². The van der Waals surface area contributed by atoms with Crippen LogP contribution < -0.4 is 20.1 Å². The molecule has 8 nitrogen and oxygen atoms in total. The van der Waals surface area contributed by atoms with E-state index < -0.39 is 0 Å². The van der Waals surface area contributed by atoms with E-state index in [1.54, 1.807) is 37.3 Å². The first-order valence-electron chi connectivity index (χ1n) is 8.62. The van der Waals surface area contributed by atoms with Gasteiger partial charge in [0, 0.05) is 23.8 Å². The quantitative estimate of drug-likeness (QED) is 0.702. The van der Waals surface area contributed by atoms with Crippen LogP contribution in [0.1, 0.15) is 5.82 Å². The fourth-order valence-corrected chi connectivity index (χ4v) is 3.11. The monoisotopic (exact) mass is 377 g/mol. The minimum atomic E-state index is -0.143. The Morgan fingerprint density at radius 1 is 1.07 bits per heavy atom. The average molecular weight is 377 g/mol. The van der Waals surface area contributed by atoms with Crippen LogP contribution >= 0.6 is 0 Å². The second kappa shape index (κ2) is 7.07. The van der Waals surface area contributed by atoms with Gasteiger partial charge in [-0.05, 0) is 0 Å². The summed E-state index contributed by atoms with van der Waals surface area (Å²) in [6, 6.07) is 14.9. The van der Waals surface area contributed by atoms with Crippen molar-refractivity contribution in [3.05, 3.63) is 60.2 Å². The summed E-state index contributed by atoms with van der Waals surface area (Å²) in [5.41, 5.74) is 8.19. The minimum absolute atomic E-state index is 0.0961. The number of aromatic amines is 1. The molecule has 0 unspecified atom stereocenters. The Morgan fingerprint density at radius 2 is 1.75 bits per heavy atom. The van der Waals surface area contributed by atoms with Gasteiger partial charge in [-0.25, -0.2) is 4.98 Å². The molecule has 0 spiro atoms. The fraction of sp³-hybridized carbons (Fsp3) is 0.150. The van der Waals surface area contributed by atoms with Crippen molar-refractivity contribution in [1.82, 2.24) is 15.2 Å². The van der Waals surface area contributed by atoms with Gasteiger partial charge in [-0.15, -0.1) is 0 Å². The van der Waals surface area contributed by atoms with E-state index in [0.29, 0.717) is 40.2 Å². The molecule has 0 saturated heterocycles.